The first-order chi connectivity index (χ1) is 19.8. The Labute approximate surface area is 239 Å². The van der Waals surface area contributed by atoms with Crippen molar-refractivity contribution >= 4 is 28.7 Å². The molecule has 0 aliphatic carbocycles. The van der Waals surface area contributed by atoms with E-state index < -0.39 is 12.0 Å². The number of benzene rings is 2. The first-order valence-electron chi connectivity index (χ1n) is 14.0. The fourth-order valence-electron chi connectivity index (χ4n) is 5.21. The number of amides is 1. The Hall–Kier alpha value is -4.72. The lowest BCUT2D eigenvalue weighted by atomic mass is 10.1. The Morgan fingerprint density at radius 2 is 1.71 bits per heavy atom. The predicted molar refractivity (Wildman–Crippen MR) is 160 cm³/mol. The molecule has 1 amide bonds. The van der Waals surface area contributed by atoms with Crippen LogP contribution in [0, 0.1) is 13.8 Å². The third-order valence-corrected chi connectivity index (χ3v) is 7.31. The summed E-state index contributed by atoms with van der Waals surface area (Å²) in [5.74, 6) is -0.321. The number of carboxylic acid groups (broad SMARTS) is 1. The first-order valence-corrected chi connectivity index (χ1v) is 14.0. The molecule has 210 valence electrons. The number of anilines is 1. The molecule has 2 N–H and O–H groups in total. The summed E-state index contributed by atoms with van der Waals surface area (Å²) in [6, 6.07) is 21.6. The molecule has 0 saturated carbocycles. The smallest absolute Gasteiger partial charge is 0.327 e. The third kappa shape index (κ3) is 6.22. The maximum Gasteiger partial charge on any atom is 0.327 e. The quantitative estimate of drug-likeness (QED) is 0.200. The minimum atomic E-state index is -0.992. The lowest BCUT2D eigenvalue weighted by molar-refractivity contribution is -0.140. The van der Waals surface area contributed by atoms with Gasteiger partial charge in [-0.05, 0) is 67.3 Å². The number of unbranched alkanes of at least 4 members (excludes halogenated alkanes) is 1. The van der Waals surface area contributed by atoms with Crippen LogP contribution >= 0.6 is 0 Å². The molecule has 0 bridgehead atoms. The van der Waals surface area contributed by atoms with Crippen LogP contribution in [0.5, 0.6) is 0 Å². The van der Waals surface area contributed by atoms with E-state index in [-0.39, 0.29) is 12.3 Å². The number of nitrogens with zero attached hydrogens (tertiary/aromatic N) is 4. The molecule has 5 aromatic rings. The van der Waals surface area contributed by atoms with Crippen LogP contribution in [0.25, 0.3) is 11.2 Å². The van der Waals surface area contributed by atoms with Gasteiger partial charge in [0.2, 0.25) is 0 Å². The second-order valence-corrected chi connectivity index (χ2v) is 10.5. The highest BCUT2D eigenvalue weighted by molar-refractivity contribution is 6.03. The van der Waals surface area contributed by atoms with Crippen LogP contribution in [-0.2, 0) is 24.2 Å². The second-order valence-electron chi connectivity index (χ2n) is 10.5. The van der Waals surface area contributed by atoms with Crippen molar-refractivity contribution in [3.8, 4) is 0 Å². The van der Waals surface area contributed by atoms with Gasteiger partial charge in [-0.2, -0.15) is 0 Å². The molecule has 3 heterocycles. The SMILES string of the molecule is CCCCc1nc2c(C)cc(C)nc2n1Cc1ccc(NC(=O)c2cccn2[C@@H](Cc2ccccc2)C(=O)O)cc1. The van der Waals surface area contributed by atoms with Crippen LogP contribution < -0.4 is 5.32 Å². The number of carboxylic acids is 1. The van der Waals surface area contributed by atoms with Gasteiger partial charge in [0, 0.05) is 30.4 Å². The van der Waals surface area contributed by atoms with Gasteiger partial charge in [-0.15, -0.1) is 0 Å². The normalized spacial score (nSPS) is 12.0. The molecule has 0 aliphatic rings. The highest BCUT2D eigenvalue weighted by Gasteiger charge is 2.24. The average Bonchev–Trinajstić information content (AvgIpc) is 3.57. The summed E-state index contributed by atoms with van der Waals surface area (Å²) < 4.78 is 3.72. The number of imidazole rings is 1. The van der Waals surface area contributed by atoms with Crippen molar-refractivity contribution in [3.63, 3.8) is 0 Å². The lowest BCUT2D eigenvalue weighted by Crippen LogP contribution is -2.26. The zero-order valence-electron chi connectivity index (χ0n) is 23.7. The van der Waals surface area contributed by atoms with Crippen LogP contribution in [0.15, 0.2) is 79.0 Å². The molecule has 0 spiro atoms. The van der Waals surface area contributed by atoms with Crippen molar-refractivity contribution in [2.45, 2.75) is 59.0 Å². The number of carbonyl (C=O) groups is 2. The minimum Gasteiger partial charge on any atom is -0.480 e. The Kier molecular flexibility index (Phi) is 8.29. The van der Waals surface area contributed by atoms with Gasteiger partial charge in [0.15, 0.2) is 5.65 Å². The van der Waals surface area contributed by atoms with Crippen molar-refractivity contribution < 1.29 is 14.7 Å². The van der Waals surface area contributed by atoms with Crippen molar-refractivity contribution in [2.75, 3.05) is 5.32 Å². The van der Waals surface area contributed by atoms with Crippen LogP contribution in [0.4, 0.5) is 5.69 Å². The Morgan fingerprint density at radius 1 is 0.951 bits per heavy atom. The van der Waals surface area contributed by atoms with E-state index in [1.807, 2.05) is 61.5 Å². The first kappa shape index (κ1) is 27.8. The number of hydrogen-bond donors (Lipinski definition) is 2. The molecule has 8 nitrogen and oxygen atoms in total. The number of aliphatic carboxylic acids is 1. The van der Waals surface area contributed by atoms with E-state index in [1.54, 1.807) is 18.3 Å². The van der Waals surface area contributed by atoms with Crippen LogP contribution in [0.2, 0.25) is 0 Å². The van der Waals surface area contributed by atoms with Gasteiger partial charge in [-0.25, -0.2) is 14.8 Å². The number of pyridine rings is 1. The number of aromatic nitrogens is 4. The van der Waals surface area contributed by atoms with Crippen molar-refractivity contribution in [3.05, 3.63) is 113 Å². The van der Waals surface area contributed by atoms with Gasteiger partial charge in [0.1, 0.15) is 23.1 Å². The summed E-state index contributed by atoms with van der Waals surface area (Å²) in [6.45, 7) is 6.88. The van der Waals surface area contributed by atoms with Gasteiger partial charge in [0.25, 0.3) is 5.91 Å². The maximum absolute atomic E-state index is 13.2. The van der Waals surface area contributed by atoms with Crippen molar-refractivity contribution in [2.24, 2.45) is 0 Å². The summed E-state index contributed by atoms with van der Waals surface area (Å²) in [6.07, 6.45) is 4.95. The predicted octanol–water partition coefficient (Wildman–Crippen LogP) is 6.36. The van der Waals surface area contributed by atoms with E-state index in [9.17, 15) is 14.7 Å². The lowest BCUT2D eigenvalue weighted by Gasteiger charge is -2.18. The van der Waals surface area contributed by atoms with E-state index in [0.29, 0.717) is 17.9 Å². The number of hydrogen-bond acceptors (Lipinski definition) is 4. The average molecular weight is 550 g/mol. The van der Waals surface area contributed by atoms with Gasteiger partial charge >= 0.3 is 5.97 Å². The topological polar surface area (TPSA) is 102 Å². The van der Waals surface area contributed by atoms with Gasteiger partial charge in [-0.3, -0.25) is 4.79 Å². The summed E-state index contributed by atoms with van der Waals surface area (Å²) in [7, 11) is 0. The summed E-state index contributed by atoms with van der Waals surface area (Å²) >= 11 is 0. The van der Waals surface area contributed by atoms with Crippen molar-refractivity contribution in [1.29, 1.82) is 0 Å². The highest BCUT2D eigenvalue weighted by atomic mass is 16.4. The van der Waals surface area contributed by atoms with E-state index in [0.717, 1.165) is 58.6 Å². The van der Waals surface area contributed by atoms with Gasteiger partial charge in [-0.1, -0.05) is 55.8 Å². The molecule has 8 heteroatoms. The molecule has 0 radical (unpaired) electrons. The fourth-order valence-corrected chi connectivity index (χ4v) is 5.21. The molecule has 1 atom stereocenters. The molecule has 0 saturated heterocycles. The molecule has 0 unspecified atom stereocenters. The van der Waals surface area contributed by atoms with E-state index in [4.69, 9.17) is 9.97 Å². The zero-order valence-corrected chi connectivity index (χ0v) is 23.7. The van der Waals surface area contributed by atoms with Gasteiger partial charge < -0.3 is 19.6 Å². The molecular formula is C33H35N5O3. The Morgan fingerprint density at radius 3 is 2.41 bits per heavy atom. The van der Waals surface area contributed by atoms with Crippen molar-refractivity contribution in [1.82, 2.24) is 19.1 Å². The van der Waals surface area contributed by atoms with Crippen LogP contribution in [0.1, 0.15) is 64.5 Å². The maximum atomic E-state index is 13.2. The second kappa shape index (κ2) is 12.2. The monoisotopic (exact) mass is 549 g/mol. The number of rotatable bonds is 11. The summed E-state index contributed by atoms with van der Waals surface area (Å²) in [5.41, 5.74) is 6.82. The number of aryl methyl sites for hydroxylation is 3. The highest BCUT2D eigenvalue weighted by Crippen LogP contribution is 2.23. The van der Waals surface area contributed by atoms with E-state index in [1.165, 1.54) is 4.57 Å². The summed E-state index contributed by atoms with van der Waals surface area (Å²) in [4.78, 5) is 35.1. The largest absolute Gasteiger partial charge is 0.480 e. The van der Waals surface area contributed by atoms with Crippen LogP contribution in [0.3, 0.4) is 0 Å². The number of nitrogens with one attached hydrogen (secondary N) is 1. The number of fused-ring (bicyclic) bond motifs is 1. The molecule has 5 rings (SSSR count). The molecule has 3 aromatic heterocycles. The van der Waals surface area contributed by atoms with Crippen LogP contribution in [-0.4, -0.2) is 36.1 Å². The third-order valence-electron chi connectivity index (χ3n) is 7.31. The van der Waals surface area contributed by atoms with E-state index in [2.05, 4.69) is 29.8 Å². The standard InChI is InChI=1S/C33H35N5O3/c1-4-5-13-29-36-30-22(2)19-23(3)34-31(30)38(29)21-25-14-16-26(17-15-25)35-32(39)27-12-9-18-37(27)28(33(40)41)20-24-10-7-6-8-11-24/h6-12,14-19,28H,4-5,13,20-21H2,1-3H3,(H,35,39)(H,40,41)/t28-/m0/s1. The van der Waals surface area contributed by atoms with E-state index >= 15 is 0 Å². The molecule has 2 aromatic carbocycles. The number of carbonyl (C=O) groups excluding carboxylic acids is 1. The molecule has 0 fully saturated rings. The summed E-state index contributed by atoms with van der Waals surface area (Å²) in [5, 5.41) is 12.9. The fraction of sp³-hybridized carbons (Fsp3) is 0.273. The Balaban J connectivity index is 1.34. The molecule has 0 aliphatic heterocycles. The minimum absolute atomic E-state index is 0.275. The molecule has 41 heavy (non-hydrogen) atoms. The Bertz CT molecular complexity index is 1670. The van der Waals surface area contributed by atoms with Gasteiger partial charge in [0.05, 0.1) is 6.54 Å². The zero-order chi connectivity index (χ0) is 28.9. The molecular weight excluding hydrogens is 514 g/mol.